The quantitative estimate of drug-likeness (QED) is 0.379. The van der Waals surface area contributed by atoms with Gasteiger partial charge in [0.05, 0.1) is 6.04 Å². The Bertz CT molecular complexity index is 1220. The number of allylic oxidation sites excluding steroid dienone is 4. The third-order valence-corrected chi connectivity index (χ3v) is 8.21. The first-order valence-corrected chi connectivity index (χ1v) is 11.6. The Kier molecular flexibility index (Phi) is 3.58. The van der Waals surface area contributed by atoms with Crippen LogP contribution in [0.25, 0.3) is 10.8 Å². The molecular formula is C28H24ClN. The fraction of sp³-hybridized carbons (Fsp3) is 0.286. The lowest BCUT2D eigenvalue weighted by Gasteiger charge is -2.51. The minimum absolute atomic E-state index is 0.413. The first kappa shape index (κ1) is 17.2. The van der Waals surface area contributed by atoms with Crippen molar-refractivity contribution in [2.75, 3.05) is 11.4 Å². The largest absolute Gasteiger partial charge is 0.363 e. The molecular weight excluding hydrogens is 386 g/mol. The maximum atomic E-state index is 6.25. The van der Waals surface area contributed by atoms with Crippen molar-refractivity contribution in [2.45, 2.75) is 30.7 Å². The molecule has 1 nitrogen and oxygen atoms in total. The smallest absolute Gasteiger partial charge is 0.0582 e. The van der Waals surface area contributed by atoms with Crippen molar-refractivity contribution in [3.8, 4) is 0 Å². The molecule has 5 atom stereocenters. The minimum atomic E-state index is 0.413. The Hall–Kier alpha value is -2.51. The van der Waals surface area contributed by atoms with E-state index in [1.807, 2.05) is 0 Å². The summed E-state index contributed by atoms with van der Waals surface area (Å²) in [7, 11) is 0. The third kappa shape index (κ3) is 2.25. The summed E-state index contributed by atoms with van der Waals surface area (Å²) in [6, 6.07) is 20.6. The highest BCUT2D eigenvalue weighted by molar-refractivity contribution is 6.30. The zero-order valence-electron chi connectivity index (χ0n) is 16.8. The predicted molar refractivity (Wildman–Crippen MR) is 125 cm³/mol. The van der Waals surface area contributed by atoms with Crippen LogP contribution >= 0.6 is 11.6 Å². The van der Waals surface area contributed by atoms with Gasteiger partial charge >= 0.3 is 0 Å². The number of hydrogen-bond acceptors (Lipinski definition) is 1. The van der Waals surface area contributed by atoms with Crippen molar-refractivity contribution in [1.29, 1.82) is 0 Å². The Morgan fingerprint density at radius 3 is 2.57 bits per heavy atom. The van der Waals surface area contributed by atoms with Crippen LogP contribution in [-0.4, -0.2) is 6.54 Å². The van der Waals surface area contributed by atoms with Gasteiger partial charge in [-0.05, 0) is 70.3 Å². The lowest BCUT2D eigenvalue weighted by molar-refractivity contribution is 0.336. The van der Waals surface area contributed by atoms with Crippen molar-refractivity contribution < 1.29 is 0 Å². The summed E-state index contributed by atoms with van der Waals surface area (Å²) in [5.74, 6) is 2.33. The normalized spacial score (nSPS) is 30.4. The van der Waals surface area contributed by atoms with E-state index < -0.39 is 0 Å². The van der Waals surface area contributed by atoms with E-state index in [1.165, 1.54) is 28.4 Å². The zero-order chi connectivity index (χ0) is 19.8. The molecule has 0 fully saturated rings. The van der Waals surface area contributed by atoms with Crippen molar-refractivity contribution in [1.82, 2.24) is 0 Å². The highest BCUT2D eigenvalue weighted by Gasteiger charge is 2.48. The molecule has 0 N–H and O–H groups in total. The van der Waals surface area contributed by atoms with Crippen LogP contribution in [0.4, 0.5) is 5.69 Å². The Morgan fingerprint density at radius 2 is 1.67 bits per heavy atom. The van der Waals surface area contributed by atoms with Crippen LogP contribution in [0, 0.1) is 11.8 Å². The summed E-state index contributed by atoms with van der Waals surface area (Å²) in [4.78, 5) is 2.78. The predicted octanol–water partition coefficient (Wildman–Crippen LogP) is 7.39. The summed E-state index contributed by atoms with van der Waals surface area (Å²) < 4.78 is 0. The van der Waals surface area contributed by atoms with E-state index in [9.17, 15) is 0 Å². The maximum Gasteiger partial charge on any atom is 0.0582 e. The van der Waals surface area contributed by atoms with Gasteiger partial charge in [0, 0.05) is 29.1 Å². The summed E-state index contributed by atoms with van der Waals surface area (Å²) in [6.07, 6.45) is 12.1. The van der Waals surface area contributed by atoms with Gasteiger partial charge in [0.15, 0.2) is 0 Å². The highest BCUT2D eigenvalue weighted by Crippen LogP contribution is 2.60. The summed E-state index contributed by atoms with van der Waals surface area (Å²) >= 11 is 6.25. The number of fused-ring (bicyclic) bond motifs is 6. The molecule has 0 saturated heterocycles. The zero-order valence-corrected chi connectivity index (χ0v) is 17.6. The fourth-order valence-corrected chi connectivity index (χ4v) is 6.90. The van der Waals surface area contributed by atoms with E-state index in [4.69, 9.17) is 11.6 Å². The molecule has 0 unspecified atom stereocenters. The molecule has 3 aromatic carbocycles. The monoisotopic (exact) mass is 409 g/mol. The Labute approximate surface area is 182 Å². The van der Waals surface area contributed by atoms with E-state index >= 15 is 0 Å². The molecule has 30 heavy (non-hydrogen) atoms. The van der Waals surface area contributed by atoms with Gasteiger partial charge < -0.3 is 4.90 Å². The Balaban J connectivity index is 1.54. The average Bonchev–Trinajstić information content (AvgIpc) is 3.44. The van der Waals surface area contributed by atoms with E-state index in [-0.39, 0.29) is 0 Å². The third-order valence-electron chi connectivity index (χ3n) is 7.96. The summed E-state index contributed by atoms with van der Waals surface area (Å²) in [6.45, 7) is 1.15. The SMILES string of the molecule is Clc1ccc([C@H]2[C@H]3CC=C[C@@H]3c3c4c(cc5ccccc35)[C@H]3C=CC[C@@H]3CN42)cc1. The number of anilines is 1. The van der Waals surface area contributed by atoms with E-state index in [2.05, 4.69) is 83.8 Å². The molecule has 0 saturated carbocycles. The van der Waals surface area contributed by atoms with Gasteiger partial charge in [-0.3, -0.25) is 0 Å². The molecule has 2 heteroatoms. The van der Waals surface area contributed by atoms with Crippen LogP contribution in [0.15, 0.2) is 78.9 Å². The fourth-order valence-electron chi connectivity index (χ4n) is 6.77. The Morgan fingerprint density at radius 1 is 0.867 bits per heavy atom. The minimum Gasteiger partial charge on any atom is -0.363 e. The molecule has 0 aromatic heterocycles. The molecule has 2 aliphatic carbocycles. The van der Waals surface area contributed by atoms with Gasteiger partial charge in [-0.1, -0.05) is 72.3 Å². The standard InChI is InChI=1S/C28H24ClN/c29-20-13-11-17(12-14-20)27-24-10-4-9-23(24)26-22-7-2-1-5-18(22)15-25-21-8-3-6-19(21)16-30(27)28(25)26/h1-5,7-9,11-15,19,21,23-24,27H,6,10,16H2/t19-,21+,23+,24+,27+/m1/s1. The lowest BCUT2D eigenvalue weighted by atomic mass is 9.69. The molecule has 0 amide bonds. The van der Waals surface area contributed by atoms with Crippen LogP contribution in [0.1, 0.15) is 47.4 Å². The first-order chi connectivity index (χ1) is 14.8. The summed E-state index contributed by atoms with van der Waals surface area (Å²) in [5.41, 5.74) is 6.05. The van der Waals surface area contributed by atoms with Gasteiger partial charge in [0.2, 0.25) is 0 Å². The van der Waals surface area contributed by atoms with Gasteiger partial charge in [-0.25, -0.2) is 0 Å². The molecule has 2 heterocycles. The van der Waals surface area contributed by atoms with E-state index in [0.29, 0.717) is 29.7 Å². The van der Waals surface area contributed by atoms with Gasteiger partial charge in [-0.2, -0.15) is 0 Å². The summed E-state index contributed by atoms with van der Waals surface area (Å²) in [5, 5.41) is 3.66. The van der Waals surface area contributed by atoms with E-state index in [1.54, 1.807) is 11.1 Å². The van der Waals surface area contributed by atoms with E-state index in [0.717, 1.165) is 18.0 Å². The lowest BCUT2D eigenvalue weighted by Crippen LogP contribution is -2.46. The molecule has 0 radical (unpaired) electrons. The molecule has 7 rings (SSSR count). The number of rotatable bonds is 1. The van der Waals surface area contributed by atoms with Gasteiger partial charge in [0.25, 0.3) is 0 Å². The van der Waals surface area contributed by atoms with Crippen molar-refractivity contribution in [3.63, 3.8) is 0 Å². The first-order valence-electron chi connectivity index (χ1n) is 11.2. The van der Waals surface area contributed by atoms with Crippen LogP contribution in [0.3, 0.4) is 0 Å². The number of halogens is 1. The van der Waals surface area contributed by atoms with Crippen LogP contribution in [0.2, 0.25) is 5.02 Å². The second-order valence-electron chi connectivity index (χ2n) is 9.40. The molecule has 148 valence electrons. The highest BCUT2D eigenvalue weighted by atomic mass is 35.5. The molecule has 0 spiro atoms. The topological polar surface area (TPSA) is 3.24 Å². The van der Waals surface area contributed by atoms with Crippen LogP contribution in [-0.2, 0) is 0 Å². The molecule has 2 aliphatic heterocycles. The van der Waals surface area contributed by atoms with Gasteiger partial charge in [0.1, 0.15) is 0 Å². The van der Waals surface area contributed by atoms with Crippen molar-refractivity contribution >= 4 is 28.1 Å². The number of hydrogen-bond donors (Lipinski definition) is 0. The van der Waals surface area contributed by atoms with Gasteiger partial charge in [-0.15, -0.1) is 0 Å². The van der Waals surface area contributed by atoms with Crippen LogP contribution < -0.4 is 4.90 Å². The number of nitrogens with zero attached hydrogens (tertiary/aromatic N) is 1. The molecule has 0 bridgehead atoms. The molecule has 4 aliphatic rings. The maximum absolute atomic E-state index is 6.25. The van der Waals surface area contributed by atoms with Crippen molar-refractivity contribution in [3.05, 3.63) is 101 Å². The average molecular weight is 410 g/mol. The van der Waals surface area contributed by atoms with Crippen molar-refractivity contribution in [2.24, 2.45) is 11.8 Å². The second-order valence-corrected chi connectivity index (χ2v) is 9.84. The van der Waals surface area contributed by atoms with Crippen LogP contribution in [0.5, 0.6) is 0 Å². The molecule has 3 aromatic rings. The number of benzene rings is 3. The second kappa shape index (κ2) is 6.25.